The van der Waals surface area contributed by atoms with Crippen molar-refractivity contribution in [2.75, 3.05) is 44.2 Å². The van der Waals surface area contributed by atoms with E-state index in [0.717, 1.165) is 65.5 Å². The number of nitrogens with one attached hydrogen (secondary N) is 2. The molecule has 4 rings (SSSR count). The number of hydrogen-bond donors (Lipinski definition) is 4. The van der Waals surface area contributed by atoms with Crippen LogP contribution in [0.4, 0.5) is 5.95 Å². The fourth-order valence-electron chi connectivity index (χ4n) is 3.57. The van der Waals surface area contributed by atoms with Crippen LogP contribution in [0.1, 0.15) is 19.4 Å². The van der Waals surface area contributed by atoms with E-state index in [1.807, 2.05) is 23.1 Å². The van der Waals surface area contributed by atoms with Crippen molar-refractivity contribution in [2.24, 2.45) is 5.41 Å². The average molecular weight is 447 g/mol. The minimum Gasteiger partial charge on any atom is -0.481 e. The van der Waals surface area contributed by atoms with Gasteiger partial charge in [0.1, 0.15) is 6.33 Å². The molecule has 4 N–H and O–H groups in total. The highest BCUT2D eigenvalue weighted by molar-refractivity contribution is 5.85. The third kappa shape index (κ3) is 7.34. The van der Waals surface area contributed by atoms with Crippen molar-refractivity contribution in [1.29, 1.82) is 0 Å². The zero-order chi connectivity index (χ0) is 23.6. The van der Waals surface area contributed by atoms with Crippen LogP contribution in [0.5, 0.6) is 0 Å². The number of aliphatic carboxylic acids is 2. The van der Waals surface area contributed by atoms with Crippen molar-refractivity contribution in [3.05, 3.63) is 42.2 Å². The lowest BCUT2D eigenvalue weighted by Crippen LogP contribution is -2.65. The molecule has 11 nitrogen and oxygen atoms in total. The highest BCUT2D eigenvalue weighted by atomic mass is 16.4. The van der Waals surface area contributed by atoms with E-state index in [9.17, 15) is 4.79 Å². The second kappa shape index (κ2) is 11.8. The van der Waals surface area contributed by atoms with Crippen LogP contribution in [0.15, 0.2) is 36.7 Å². The van der Waals surface area contributed by atoms with Crippen LogP contribution in [0.25, 0.3) is 0 Å². The predicted octanol–water partition coefficient (Wildman–Crippen LogP) is 0.467. The summed E-state index contributed by atoms with van der Waals surface area (Å²) in [5.74, 6) is -0.603. The number of carboxylic acids is 2. The molecule has 2 aromatic rings. The number of carboxylic acid groups (broad SMARTS) is 2. The summed E-state index contributed by atoms with van der Waals surface area (Å²) >= 11 is 0. The summed E-state index contributed by atoms with van der Waals surface area (Å²) in [7, 11) is 0. The molecule has 2 aliphatic heterocycles. The largest absolute Gasteiger partial charge is 0.481 e. The second-order valence-electron chi connectivity index (χ2n) is 7.67. The normalized spacial score (nSPS) is 16.4. The molecule has 0 aliphatic carbocycles. The van der Waals surface area contributed by atoms with Gasteiger partial charge in [-0.25, -0.2) is 5.10 Å². The van der Waals surface area contributed by atoms with Crippen LogP contribution < -0.4 is 10.2 Å². The van der Waals surface area contributed by atoms with E-state index < -0.39 is 11.9 Å². The Morgan fingerprint density at radius 3 is 2.00 bits per heavy atom. The SMILES string of the molecule is CC(=O)O.CC(=O)O.O=C(N1CCN(c2ncn[nH]2)CC1)C1(Cc2ccccc2)CNC1. The maximum atomic E-state index is 13.1. The van der Waals surface area contributed by atoms with Gasteiger partial charge in [-0.2, -0.15) is 10.1 Å². The van der Waals surface area contributed by atoms with E-state index in [2.05, 4.69) is 37.5 Å². The van der Waals surface area contributed by atoms with Gasteiger partial charge in [0.15, 0.2) is 0 Å². The standard InChI is InChI=1S/C17H22N6O.2C2H4O2/c24-15(17(11-18-12-17)10-14-4-2-1-3-5-14)22-6-8-23(9-7-22)16-19-13-20-21-16;2*1-2(3)4/h1-5,13,18H,6-12H2,(H,19,20,21);2*1H3,(H,3,4). The fraction of sp³-hybridized carbons (Fsp3) is 0.476. The van der Waals surface area contributed by atoms with Crippen molar-refractivity contribution >= 4 is 23.8 Å². The molecule has 2 fully saturated rings. The smallest absolute Gasteiger partial charge is 0.300 e. The molecule has 1 aromatic heterocycles. The Balaban J connectivity index is 0.000000395. The summed E-state index contributed by atoms with van der Waals surface area (Å²) < 4.78 is 0. The van der Waals surface area contributed by atoms with Crippen LogP contribution in [-0.4, -0.2) is 87.4 Å². The Hall–Kier alpha value is -3.47. The second-order valence-corrected chi connectivity index (χ2v) is 7.67. The van der Waals surface area contributed by atoms with E-state index >= 15 is 0 Å². The van der Waals surface area contributed by atoms with E-state index in [-0.39, 0.29) is 11.3 Å². The summed E-state index contributed by atoms with van der Waals surface area (Å²) in [5.41, 5.74) is 0.947. The Morgan fingerprint density at radius 1 is 1.00 bits per heavy atom. The topological polar surface area (TPSA) is 152 Å². The number of amides is 1. The van der Waals surface area contributed by atoms with Gasteiger partial charge in [0.25, 0.3) is 11.9 Å². The number of aromatic nitrogens is 3. The number of H-pyrrole nitrogens is 1. The highest BCUT2D eigenvalue weighted by Gasteiger charge is 2.46. The van der Waals surface area contributed by atoms with Gasteiger partial charge in [0.05, 0.1) is 5.41 Å². The number of nitrogens with zero attached hydrogens (tertiary/aromatic N) is 4. The van der Waals surface area contributed by atoms with Crippen LogP contribution in [0.2, 0.25) is 0 Å². The van der Waals surface area contributed by atoms with Gasteiger partial charge in [0, 0.05) is 53.1 Å². The zero-order valence-electron chi connectivity index (χ0n) is 18.3. The number of hydrogen-bond acceptors (Lipinski definition) is 7. The van der Waals surface area contributed by atoms with Gasteiger partial charge >= 0.3 is 0 Å². The first-order valence-electron chi connectivity index (χ1n) is 10.3. The molecule has 0 atom stereocenters. The van der Waals surface area contributed by atoms with Gasteiger partial charge in [0.2, 0.25) is 11.9 Å². The Kier molecular flexibility index (Phi) is 9.14. The number of piperazine rings is 1. The quantitative estimate of drug-likeness (QED) is 0.525. The minimum absolute atomic E-state index is 0.280. The maximum Gasteiger partial charge on any atom is 0.300 e. The molecule has 2 aliphatic rings. The lowest BCUT2D eigenvalue weighted by atomic mass is 9.75. The zero-order valence-corrected chi connectivity index (χ0v) is 18.3. The minimum atomic E-state index is -0.833. The molecule has 1 amide bonds. The summed E-state index contributed by atoms with van der Waals surface area (Å²) in [4.78, 5) is 39.5. The van der Waals surface area contributed by atoms with E-state index in [4.69, 9.17) is 19.8 Å². The van der Waals surface area contributed by atoms with Crippen LogP contribution >= 0.6 is 0 Å². The molecule has 3 heterocycles. The van der Waals surface area contributed by atoms with E-state index in [1.54, 1.807) is 0 Å². The lowest BCUT2D eigenvalue weighted by Gasteiger charge is -2.46. The fourth-order valence-corrected chi connectivity index (χ4v) is 3.57. The monoisotopic (exact) mass is 446 g/mol. The maximum absolute atomic E-state index is 13.1. The summed E-state index contributed by atoms with van der Waals surface area (Å²) in [6.07, 6.45) is 2.32. The molecule has 32 heavy (non-hydrogen) atoms. The molecule has 0 bridgehead atoms. The lowest BCUT2D eigenvalue weighted by molar-refractivity contribution is -0.145. The number of carbonyl (C=O) groups excluding carboxylic acids is 1. The molecular weight excluding hydrogens is 416 g/mol. The highest BCUT2D eigenvalue weighted by Crippen LogP contribution is 2.31. The van der Waals surface area contributed by atoms with Gasteiger partial charge in [-0.05, 0) is 12.0 Å². The Bertz CT molecular complexity index is 842. The first kappa shape index (κ1) is 24.8. The van der Waals surface area contributed by atoms with Crippen molar-refractivity contribution < 1.29 is 24.6 Å². The molecule has 174 valence electrons. The number of rotatable bonds is 4. The molecule has 0 saturated carbocycles. The first-order valence-corrected chi connectivity index (χ1v) is 10.3. The molecule has 0 unspecified atom stereocenters. The van der Waals surface area contributed by atoms with Crippen LogP contribution in [0.3, 0.4) is 0 Å². The van der Waals surface area contributed by atoms with Crippen molar-refractivity contribution in [2.45, 2.75) is 20.3 Å². The van der Waals surface area contributed by atoms with Crippen LogP contribution in [-0.2, 0) is 20.8 Å². The van der Waals surface area contributed by atoms with Crippen molar-refractivity contribution in [3.8, 4) is 0 Å². The van der Waals surface area contributed by atoms with E-state index in [1.165, 1.54) is 11.9 Å². The molecule has 0 spiro atoms. The number of anilines is 1. The molecule has 2 saturated heterocycles. The van der Waals surface area contributed by atoms with Gasteiger partial charge in [-0.1, -0.05) is 30.3 Å². The third-order valence-corrected chi connectivity index (χ3v) is 5.03. The Labute approximate surface area is 186 Å². The third-order valence-electron chi connectivity index (χ3n) is 5.03. The summed E-state index contributed by atoms with van der Waals surface area (Å²) in [6.45, 7) is 6.74. The average Bonchev–Trinajstić information content (AvgIpc) is 3.25. The number of aromatic amines is 1. The summed E-state index contributed by atoms with van der Waals surface area (Å²) in [5, 5.41) is 24.9. The molecular formula is C21H30N6O5. The first-order chi connectivity index (χ1) is 15.2. The Morgan fingerprint density at radius 2 is 1.56 bits per heavy atom. The predicted molar refractivity (Wildman–Crippen MR) is 117 cm³/mol. The van der Waals surface area contributed by atoms with Crippen molar-refractivity contribution in [3.63, 3.8) is 0 Å². The van der Waals surface area contributed by atoms with Crippen LogP contribution in [0, 0.1) is 5.41 Å². The van der Waals surface area contributed by atoms with Gasteiger partial charge in [-0.3, -0.25) is 14.4 Å². The van der Waals surface area contributed by atoms with Gasteiger partial charge < -0.3 is 25.3 Å². The summed E-state index contributed by atoms with van der Waals surface area (Å²) in [6, 6.07) is 10.3. The van der Waals surface area contributed by atoms with E-state index in [0.29, 0.717) is 0 Å². The molecule has 11 heteroatoms. The molecule has 1 aromatic carbocycles. The van der Waals surface area contributed by atoms with Crippen molar-refractivity contribution in [1.82, 2.24) is 25.4 Å². The molecule has 0 radical (unpaired) electrons. The number of carbonyl (C=O) groups is 3. The van der Waals surface area contributed by atoms with Gasteiger partial charge in [-0.15, -0.1) is 0 Å². The number of benzene rings is 1.